The second kappa shape index (κ2) is 8.78. The number of amides is 3. The Hall–Kier alpha value is -2.02. The van der Waals surface area contributed by atoms with Gasteiger partial charge in [0.1, 0.15) is 6.54 Å². The van der Waals surface area contributed by atoms with Gasteiger partial charge in [-0.15, -0.1) is 11.8 Å². The number of carbonyl (C=O) groups excluding carboxylic acids is 3. The second-order valence-corrected chi connectivity index (χ2v) is 7.86. The number of nitrogens with one attached hydrogen (secondary N) is 1. The summed E-state index contributed by atoms with van der Waals surface area (Å²) in [7, 11) is 0. The maximum absolute atomic E-state index is 12.4. The van der Waals surface area contributed by atoms with Crippen LogP contribution in [0, 0.1) is 0 Å². The molecule has 1 heterocycles. The van der Waals surface area contributed by atoms with E-state index in [9.17, 15) is 14.4 Å². The highest BCUT2D eigenvalue weighted by Gasteiger charge is 2.37. The van der Waals surface area contributed by atoms with E-state index < -0.39 is 11.8 Å². The lowest BCUT2D eigenvalue weighted by molar-refractivity contribution is -0.121. The van der Waals surface area contributed by atoms with Crippen molar-refractivity contribution < 1.29 is 14.4 Å². The van der Waals surface area contributed by atoms with E-state index >= 15 is 0 Å². The van der Waals surface area contributed by atoms with Gasteiger partial charge >= 0.3 is 0 Å². The van der Waals surface area contributed by atoms with Crippen LogP contribution in [-0.2, 0) is 4.79 Å². The molecule has 3 rings (SSSR count). The molecule has 0 spiro atoms. The number of fused-ring (bicyclic) bond motifs is 1. The van der Waals surface area contributed by atoms with Gasteiger partial charge in [0.05, 0.1) is 21.2 Å². The second-order valence-electron chi connectivity index (χ2n) is 5.87. The number of benzene rings is 2. The van der Waals surface area contributed by atoms with E-state index in [1.807, 2.05) is 30.3 Å². The number of halogens is 2. The van der Waals surface area contributed by atoms with E-state index in [-0.39, 0.29) is 33.6 Å². The molecular weight excluding hydrogens is 407 g/mol. The normalized spacial score (nSPS) is 13.0. The molecule has 27 heavy (non-hydrogen) atoms. The summed E-state index contributed by atoms with van der Waals surface area (Å²) in [6, 6.07) is 12.7. The van der Waals surface area contributed by atoms with Crippen LogP contribution in [0.15, 0.2) is 47.4 Å². The van der Waals surface area contributed by atoms with Crippen LogP contribution in [0.25, 0.3) is 0 Å². The SMILES string of the molecule is O=C(CN1C(=O)c2cc(Cl)c(Cl)cc2C1=O)NCCCSc1ccccc1. The van der Waals surface area contributed by atoms with Gasteiger partial charge in [-0.25, -0.2) is 0 Å². The van der Waals surface area contributed by atoms with Gasteiger partial charge in [0.15, 0.2) is 0 Å². The molecule has 0 bridgehead atoms. The van der Waals surface area contributed by atoms with Gasteiger partial charge < -0.3 is 5.32 Å². The fourth-order valence-electron chi connectivity index (χ4n) is 2.63. The third-order valence-electron chi connectivity index (χ3n) is 3.97. The minimum Gasteiger partial charge on any atom is -0.355 e. The van der Waals surface area contributed by atoms with Gasteiger partial charge in [0, 0.05) is 11.4 Å². The van der Waals surface area contributed by atoms with E-state index in [0.717, 1.165) is 17.1 Å². The molecule has 0 radical (unpaired) electrons. The van der Waals surface area contributed by atoms with E-state index in [1.165, 1.54) is 17.0 Å². The molecule has 1 aliphatic rings. The lowest BCUT2D eigenvalue weighted by atomic mass is 10.1. The first kappa shape index (κ1) is 19.7. The molecule has 140 valence electrons. The van der Waals surface area contributed by atoms with Crippen molar-refractivity contribution in [1.82, 2.24) is 10.2 Å². The molecule has 0 unspecified atom stereocenters. The Morgan fingerprint density at radius 1 is 1.00 bits per heavy atom. The first-order valence-corrected chi connectivity index (χ1v) is 10.0. The van der Waals surface area contributed by atoms with Crippen molar-refractivity contribution in [3.05, 3.63) is 63.6 Å². The number of carbonyl (C=O) groups is 3. The first-order valence-electron chi connectivity index (χ1n) is 8.27. The zero-order valence-electron chi connectivity index (χ0n) is 14.2. The highest BCUT2D eigenvalue weighted by Crippen LogP contribution is 2.31. The third-order valence-corrected chi connectivity index (χ3v) is 5.79. The smallest absolute Gasteiger partial charge is 0.262 e. The Balaban J connectivity index is 1.47. The number of hydrogen-bond acceptors (Lipinski definition) is 4. The molecule has 1 aliphatic heterocycles. The summed E-state index contributed by atoms with van der Waals surface area (Å²) >= 11 is 13.5. The standard InChI is InChI=1S/C19H16Cl2N2O3S/c20-15-9-13-14(10-16(15)21)19(26)23(18(13)25)11-17(24)22-7-4-8-27-12-5-2-1-3-6-12/h1-3,5-6,9-10H,4,7-8,11H2,(H,22,24). The fourth-order valence-corrected chi connectivity index (χ4v) is 3.83. The number of nitrogens with zero attached hydrogens (tertiary/aromatic N) is 1. The molecule has 1 N–H and O–H groups in total. The van der Waals surface area contributed by atoms with Crippen molar-refractivity contribution in [3.63, 3.8) is 0 Å². The van der Waals surface area contributed by atoms with Gasteiger partial charge in [-0.3, -0.25) is 19.3 Å². The monoisotopic (exact) mass is 422 g/mol. The van der Waals surface area contributed by atoms with Crippen molar-refractivity contribution in [2.24, 2.45) is 0 Å². The Morgan fingerprint density at radius 3 is 2.19 bits per heavy atom. The Bertz CT molecular complexity index is 849. The molecule has 0 fully saturated rings. The van der Waals surface area contributed by atoms with E-state index in [2.05, 4.69) is 5.32 Å². The molecule has 0 aliphatic carbocycles. The summed E-state index contributed by atoms with van der Waals surface area (Å²) in [6.07, 6.45) is 0.776. The van der Waals surface area contributed by atoms with E-state index in [1.54, 1.807) is 11.8 Å². The quantitative estimate of drug-likeness (QED) is 0.417. The van der Waals surface area contributed by atoms with Crippen LogP contribution in [0.3, 0.4) is 0 Å². The van der Waals surface area contributed by atoms with Crippen LogP contribution in [0.1, 0.15) is 27.1 Å². The molecule has 5 nitrogen and oxygen atoms in total. The Kier molecular flexibility index (Phi) is 6.42. The average molecular weight is 423 g/mol. The molecule has 0 aromatic heterocycles. The lowest BCUT2D eigenvalue weighted by Crippen LogP contribution is -2.40. The summed E-state index contributed by atoms with van der Waals surface area (Å²) in [5.41, 5.74) is 0.336. The molecule has 0 saturated heterocycles. The zero-order chi connectivity index (χ0) is 19.4. The first-order chi connectivity index (χ1) is 13.0. The maximum atomic E-state index is 12.4. The van der Waals surface area contributed by atoms with Gasteiger partial charge in [0.2, 0.25) is 5.91 Å². The molecular formula is C19H16Cl2N2O3S. The number of imide groups is 1. The van der Waals surface area contributed by atoms with Gasteiger partial charge in [0.25, 0.3) is 11.8 Å². The zero-order valence-corrected chi connectivity index (χ0v) is 16.5. The summed E-state index contributed by atoms with van der Waals surface area (Å²) in [5.74, 6) is -0.605. The van der Waals surface area contributed by atoms with Gasteiger partial charge in [-0.1, -0.05) is 41.4 Å². The molecule has 8 heteroatoms. The summed E-state index contributed by atoms with van der Waals surface area (Å²) in [6.45, 7) is 0.146. The predicted molar refractivity (Wildman–Crippen MR) is 107 cm³/mol. The summed E-state index contributed by atoms with van der Waals surface area (Å²) < 4.78 is 0. The summed E-state index contributed by atoms with van der Waals surface area (Å²) in [5, 5.41) is 3.12. The molecule has 2 aromatic carbocycles. The van der Waals surface area contributed by atoms with Crippen LogP contribution < -0.4 is 5.32 Å². The number of thioether (sulfide) groups is 1. The van der Waals surface area contributed by atoms with Crippen LogP contribution in [0.5, 0.6) is 0 Å². The largest absolute Gasteiger partial charge is 0.355 e. The third kappa shape index (κ3) is 4.64. The van der Waals surface area contributed by atoms with Crippen LogP contribution in [0.2, 0.25) is 10.0 Å². The van der Waals surface area contributed by atoms with Crippen molar-refractivity contribution in [2.75, 3.05) is 18.8 Å². The highest BCUT2D eigenvalue weighted by molar-refractivity contribution is 7.99. The molecule has 0 atom stereocenters. The van der Waals surface area contributed by atoms with Crippen molar-refractivity contribution in [2.45, 2.75) is 11.3 Å². The van der Waals surface area contributed by atoms with Crippen LogP contribution in [0.4, 0.5) is 0 Å². The van der Waals surface area contributed by atoms with Crippen LogP contribution >= 0.6 is 35.0 Å². The molecule has 3 amide bonds. The molecule has 0 saturated carbocycles. The number of rotatable bonds is 7. The topological polar surface area (TPSA) is 66.5 Å². The van der Waals surface area contributed by atoms with Crippen molar-refractivity contribution >= 4 is 52.7 Å². The van der Waals surface area contributed by atoms with Crippen molar-refractivity contribution in [1.29, 1.82) is 0 Å². The van der Waals surface area contributed by atoms with Crippen molar-refractivity contribution in [3.8, 4) is 0 Å². The van der Waals surface area contributed by atoms with E-state index in [0.29, 0.717) is 6.54 Å². The highest BCUT2D eigenvalue weighted by atomic mass is 35.5. The molecule has 2 aromatic rings. The van der Waals surface area contributed by atoms with Gasteiger partial charge in [-0.05, 0) is 36.4 Å². The van der Waals surface area contributed by atoms with E-state index in [4.69, 9.17) is 23.2 Å². The number of hydrogen-bond donors (Lipinski definition) is 1. The summed E-state index contributed by atoms with van der Waals surface area (Å²) in [4.78, 5) is 38.9. The minimum atomic E-state index is -0.539. The maximum Gasteiger partial charge on any atom is 0.262 e. The minimum absolute atomic E-state index is 0.168. The van der Waals surface area contributed by atoms with Gasteiger partial charge in [-0.2, -0.15) is 0 Å². The van der Waals surface area contributed by atoms with Crippen LogP contribution in [-0.4, -0.2) is 41.5 Å². The average Bonchev–Trinajstić information content (AvgIpc) is 2.87. The lowest BCUT2D eigenvalue weighted by Gasteiger charge is -2.13. The fraction of sp³-hybridized carbons (Fsp3) is 0.211. The predicted octanol–water partition coefficient (Wildman–Crippen LogP) is 3.89. The Labute approximate surface area is 171 Å². The Morgan fingerprint density at radius 2 is 1.59 bits per heavy atom.